The van der Waals surface area contributed by atoms with Gasteiger partial charge < -0.3 is 10.6 Å². The van der Waals surface area contributed by atoms with Crippen LogP contribution in [-0.2, 0) is 6.42 Å². The minimum atomic E-state index is -0.156. The van der Waals surface area contributed by atoms with Gasteiger partial charge in [-0.2, -0.15) is 5.26 Å². The number of rotatable bonds is 6. The first-order valence-electron chi connectivity index (χ1n) is 6.44. The van der Waals surface area contributed by atoms with Crippen molar-refractivity contribution in [2.24, 2.45) is 0 Å². The normalized spacial score (nSPS) is 9.90. The first kappa shape index (κ1) is 14.9. The van der Waals surface area contributed by atoms with Crippen molar-refractivity contribution in [1.82, 2.24) is 19.9 Å². The zero-order valence-electron chi connectivity index (χ0n) is 11.5. The SMILES string of the molecule is CCc1nnsc1C(=O)NCCNc1ccc(C#N)cn1. The van der Waals surface area contributed by atoms with Crippen LogP contribution in [0.1, 0.15) is 27.9 Å². The molecule has 0 fully saturated rings. The molecule has 2 aromatic rings. The number of carbonyl (C=O) groups excluding carboxylic acids is 1. The predicted molar refractivity (Wildman–Crippen MR) is 79.1 cm³/mol. The fraction of sp³-hybridized carbons (Fsp3) is 0.308. The lowest BCUT2D eigenvalue weighted by molar-refractivity contribution is 0.0958. The van der Waals surface area contributed by atoms with E-state index in [1.807, 2.05) is 13.0 Å². The molecule has 108 valence electrons. The van der Waals surface area contributed by atoms with Crippen molar-refractivity contribution >= 4 is 23.3 Å². The van der Waals surface area contributed by atoms with Crippen LogP contribution in [0.4, 0.5) is 5.82 Å². The van der Waals surface area contributed by atoms with Gasteiger partial charge in [0.1, 0.15) is 16.8 Å². The van der Waals surface area contributed by atoms with E-state index in [0.717, 1.165) is 17.2 Å². The smallest absolute Gasteiger partial charge is 0.265 e. The van der Waals surface area contributed by atoms with E-state index in [4.69, 9.17) is 5.26 Å². The molecule has 8 heteroatoms. The Bertz CT molecular complexity index is 645. The topological polar surface area (TPSA) is 104 Å². The van der Waals surface area contributed by atoms with Gasteiger partial charge in [-0.15, -0.1) is 5.10 Å². The molecule has 0 aromatic carbocycles. The molecule has 0 aliphatic heterocycles. The number of nitrogens with one attached hydrogen (secondary N) is 2. The number of nitrogens with zero attached hydrogens (tertiary/aromatic N) is 4. The molecule has 0 aliphatic rings. The van der Waals surface area contributed by atoms with Gasteiger partial charge in [0.2, 0.25) is 0 Å². The summed E-state index contributed by atoms with van der Waals surface area (Å²) in [5.41, 5.74) is 1.23. The van der Waals surface area contributed by atoms with Crippen LogP contribution < -0.4 is 10.6 Å². The Morgan fingerprint density at radius 2 is 2.29 bits per heavy atom. The Balaban J connectivity index is 1.77. The van der Waals surface area contributed by atoms with Gasteiger partial charge in [-0.05, 0) is 30.1 Å². The first-order chi connectivity index (χ1) is 10.2. The quantitative estimate of drug-likeness (QED) is 0.777. The van der Waals surface area contributed by atoms with E-state index in [0.29, 0.717) is 35.8 Å². The van der Waals surface area contributed by atoms with Gasteiger partial charge >= 0.3 is 0 Å². The molecular formula is C13H14N6OS. The van der Waals surface area contributed by atoms with E-state index in [-0.39, 0.29) is 5.91 Å². The predicted octanol–water partition coefficient (Wildman–Crippen LogP) is 1.21. The van der Waals surface area contributed by atoms with Gasteiger partial charge in [0.15, 0.2) is 0 Å². The van der Waals surface area contributed by atoms with Crippen molar-refractivity contribution in [3.63, 3.8) is 0 Å². The first-order valence-corrected chi connectivity index (χ1v) is 7.21. The number of anilines is 1. The summed E-state index contributed by atoms with van der Waals surface area (Å²) in [5, 5.41) is 18.4. The van der Waals surface area contributed by atoms with Crippen molar-refractivity contribution in [3.8, 4) is 6.07 Å². The largest absolute Gasteiger partial charge is 0.368 e. The highest BCUT2D eigenvalue weighted by Crippen LogP contribution is 2.10. The lowest BCUT2D eigenvalue weighted by Gasteiger charge is -2.06. The lowest BCUT2D eigenvalue weighted by Crippen LogP contribution is -2.29. The minimum absolute atomic E-state index is 0.156. The van der Waals surface area contributed by atoms with Crippen LogP contribution in [0.3, 0.4) is 0 Å². The van der Waals surface area contributed by atoms with E-state index in [2.05, 4.69) is 25.2 Å². The molecule has 2 N–H and O–H groups in total. The zero-order chi connectivity index (χ0) is 15.1. The van der Waals surface area contributed by atoms with E-state index >= 15 is 0 Å². The number of nitriles is 1. The van der Waals surface area contributed by atoms with Crippen LogP contribution in [0.2, 0.25) is 0 Å². The van der Waals surface area contributed by atoms with Gasteiger partial charge in [-0.3, -0.25) is 4.79 Å². The molecule has 0 spiro atoms. The van der Waals surface area contributed by atoms with E-state index < -0.39 is 0 Å². The highest BCUT2D eigenvalue weighted by Gasteiger charge is 2.13. The van der Waals surface area contributed by atoms with Gasteiger partial charge in [-0.1, -0.05) is 11.4 Å². The summed E-state index contributed by atoms with van der Waals surface area (Å²) in [5.74, 6) is 0.508. The summed E-state index contributed by atoms with van der Waals surface area (Å²) < 4.78 is 3.79. The van der Waals surface area contributed by atoms with Crippen molar-refractivity contribution in [3.05, 3.63) is 34.5 Å². The Labute approximate surface area is 126 Å². The molecule has 0 bridgehead atoms. The monoisotopic (exact) mass is 302 g/mol. The fourth-order valence-electron chi connectivity index (χ4n) is 1.62. The molecular weight excluding hydrogens is 288 g/mol. The maximum absolute atomic E-state index is 11.9. The van der Waals surface area contributed by atoms with Crippen molar-refractivity contribution < 1.29 is 4.79 Å². The summed E-state index contributed by atoms with van der Waals surface area (Å²) in [4.78, 5) is 16.6. The van der Waals surface area contributed by atoms with Crippen LogP contribution in [0.5, 0.6) is 0 Å². The number of carbonyl (C=O) groups is 1. The molecule has 0 saturated carbocycles. The number of hydrogen-bond acceptors (Lipinski definition) is 7. The van der Waals surface area contributed by atoms with Crippen molar-refractivity contribution in [2.45, 2.75) is 13.3 Å². The highest BCUT2D eigenvalue weighted by atomic mass is 32.1. The molecule has 7 nitrogen and oxygen atoms in total. The number of hydrogen-bond donors (Lipinski definition) is 2. The van der Waals surface area contributed by atoms with Crippen LogP contribution in [0, 0.1) is 11.3 Å². The average molecular weight is 302 g/mol. The average Bonchev–Trinajstić information content (AvgIpc) is 3.00. The summed E-state index contributed by atoms with van der Waals surface area (Å²) in [6.07, 6.45) is 2.18. The third-order valence-electron chi connectivity index (χ3n) is 2.71. The Hall–Kier alpha value is -2.53. The molecule has 2 rings (SSSR count). The molecule has 21 heavy (non-hydrogen) atoms. The van der Waals surface area contributed by atoms with Crippen LogP contribution in [0.25, 0.3) is 0 Å². The second-order valence-electron chi connectivity index (χ2n) is 4.13. The molecule has 0 atom stereocenters. The zero-order valence-corrected chi connectivity index (χ0v) is 12.3. The van der Waals surface area contributed by atoms with Crippen LogP contribution in [-0.4, -0.2) is 33.6 Å². The maximum Gasteiger partial charge on any atom is 0.265 e. The minimum Gasteiger partial charge on any atom is -0.368 e. The van der Waals surface area contributed by atoms with Crippen LogP contribution in [0.15, 0.2) is 18.3 Å². The molecule has 0 aliphatic carbocycles. The molecule has 2 heterocycles. The second kappa shape index (κ2) is 7.31. The number of pyridine rings is 1. The molecule has 0 unspecified atom stereocenters. The molecule has 1 amide bonds. The van der Waals surface area contributed by atoms with Crippen molar-refractivity contribution in [1.29, 1.82) is 5.26 Å². The van der Waals surface area contributed by atoms with Gasteiger partial charge in [0.25, 0.3) is 5.91 Å². The Morgan fingerprint density at radius 1 is 1.43 bits per heavy atom. The third kappa shape index (κ3) is 3.97. The number of aromatic nitrogens is 3. The Kier molecular flexibility index (Phi) is 5.17. The summed E-state index contributed by atoms with van der Waals surface area (Å²) in [6, 6.07) is 5.41. The lowest BCUT2D eigenvalue weighted by atomic mass is 10.3. The highest BCUT2D eigenvalue weighted by molar-refractivity contribution is 7.08. The standard InChI is InChI=1S/C13H14N6OS/c1-2-10-12(21-19-18-10)13(20)16-6-5-15-11-4-3-9(7-14)8-17-11/h3-4,8H,2,5-6H2,1H3,(H,15,17)(H,16,20). The summed E-state index contributed by atoms with van der Waals surface area (Å²) in [6.45, 7) is 2.94. The summed E-state index contributed by atoms with van der Waals surface area (Å²) >= 11 is 1.10. The second-order valence-corrected chi connectivity index (χ2v) is 4.88. The van der Waals surface area contributed by atoms with E-state index in [1.54, 1.807) is 12.1 Å². The van der Waals surface area contributed by atoms with Crippen molar-refractivity contribution in [2.75, 3.05) is 18.4 Å². The van der Waals surface area contributed by atoms with E-state index in [1.165, 1.54) is 6.20 Å². The van der Waals surface area contributed by atoms with E-state index in [9.17, 15) is 4.79 Å². The molecule has 0 saturated heterocycles. The summed E-state index contributed by atoms with van der Waals surface area (Å²) in [7, 11) is 0. The Morgan fingerprint density at radius 3 is 2.95 bits per heavy atom. The van der Waals surface area contributed by atoms with Crippen LogP contribution >= 0.6 is 11.5 Å². The van der Waals surface area contributed by atoms with Gasteiger partial charge in [0.05, 0.1) is 11.3 Å². The third-order valence-corrected chi connectivity index (χ3v) is 3.47. The number of aryl methyl sites for hydroxylation is 1. The number of amides is 1. The van der Waals surface area contributed by atoms with Gasteiger partial charge in [-0.25, -0.2) is 4.98 Å². The fourth-order valence-corrected chi connectivity index (χ4v) is 2.29. The maximum atomic E-state index is 11.9. The van der Waals surface area contributed by atoms with Gasteiger partial charge in [0, 0.05) is 19.3 Å². The molecule has 2 aromatic heterocycles. The molecule has 0 radical (unpaired) electrons.